The van der Waals surface area contributed by atoms with E-state index >= 15 is 0 Å². The molecule has 0 saturated heterocycles. The van der Waals surface area contributed by atoms with Crippen molar-refractivity contribution in [3.05, 3.63) is 102 Å². The molecule has 258 valence electrons. The number of unbranched alkanes of at least 4 members (excludes halogenated alkanes) is 1. The van der Waals surface area contributed by atoms with Crippen molar-refractivity contribution in [3.63, 3.8) is 0 Å². The predicted molar refractivity (Wildman–Crippen MR) is 183 cm³/mol. The van der Waals surface area contributed by atoms with Gasteiger partial charge in [-0.3, -0.25) is 19.2 Å². The lowest BCUT2D eigenvalue weighted by Gasteiger charge is -2.25. The summed E-state index contributed by atoms with van der Waals surface area (Å²) in [6, 6.07) is 18.1. The van der Waals surface area contributed by atoms with Crippen LogP contribution in [0.2, 0.25) is 0 Å². The zero-order chi connectivity index (χ0) is 35.2. The van der Waals surface area contributed by atoms with E-state index in [-0.39, 0.29) is 31.4 Å². The first-order chi connectivity index (χ1) is 23.6. The second-order valence-electron chi connectivity index (χ2n) is 11.8. The van der Waals surface area contributed by atoms with E-state index in [1.54, 1.807) is 18.3 Å². The molecule has 0 aliphatic heterocycles. The van der Waals surface area contributed by atoms with Crippen molar-refractivity contribution in [1.29, 1.82) is 0 Å². The molecule has 1 heterocycles. The molecular weight excluding hydrogens is 628 g/mol. The number of phenolic OH excluding ortho intramolecular Hbond substituents is 1. The number of carboxylic acid groups (broad SMARTS) is 1. The van der Waals surface area contributed by atoms with Gasteiger partial charge in [-0.2, -0.15) is 0 Å². The fourth-order valence-electron chi connectivity index (χ4n) is 5.48. The molecule has 13 nitrogen and oxygen atoms in total. The first-order valence-corrected chi connectivity index (χ1v) is 16.1. The molecule has 4 rings (SSSR count). The molecule has 13 heteroatoms. The minimum Gasteiger partial charge on any atom is -0.508 e. The Bertz CT molecular complexity index is 1710. The van der Waals surface area contributed by atoms with E-state index in [0.717, 1.165) is 22.0 Å². The number of fused-ring (bicyclic) bond motifs is 1. The van der Waals surface area contributed by atoms with Gasteiger partial charge in [0.05, 0.1) is 6.04 Å². The summed E-state index contributed by atoms with van der Waals surface area (Å²) < 4.78 is 0. The molecule has 0 aliphatic carbocycles. The zero-order valence-electron chi connectivity index (χ0n) is 26.9. The molecule has 1 aromatic heterocycles. The molecular formula is C36H42N6O7. The van der Waals surface area contributed by atoms with Crippen LogP contribution in [-0.4, -0.2) is 76.0 Å². The third kappa shape index (κ3) is 10.9. The molecule has 0 saturated carbocycles. The molecule has 49 heavy (non-hydrogen) atoms. The van der Waals surface area contributed by atoms with E-state index in [1.165, 1.54) is 12.1 Å². The number of carbonyl (C=O) groups excluding carboxylic acids is 4. The second-order valence-corrected chi connectivity index (χ2v) is 11.8. The monoisotopic (exact) mass is 670 g/mol. The Balaban J connectivity index is 1.54. The molecule has 0 spiro atoms. The molecule has 4 amide bonds. The van der Waals surface area contributed by atoms with Gasteiger partial charge < -0.3 is 42.2 Å². The number of aromatic hydroxyl groups is 1. The highest BCUT2D eigenvalue weighted by Gasteiger charge is 2.31. The first-order valence-electron chi connectivity index (χ1n) is 16.1. The average molecular weight is 671 g/mol. The number of nitrogens with one attached hydrogen (secondary N) is 5. The lowest BCUT2D eigenvalue weighted by molar-refractivity contribution is -0.142. The van der Waals surface area contributed by atoms with Gasteiger partial charge in [-0.15, -0.1) is 0 Å². The highest BCUT2D eigenvalue weighted by atomic mass is 16.4. The Kier molecular flexibility index (Phi) is 13.3. The van der Waals surface area contributed by atoms with Crippen LogP contribution in [0.5, 0.6) is 5.75 Å². The van der Waals surface area contributed by atoms with E-state index in [4.69, 9.17) is 5.73 Å². The molecule has 0 radical (unpaired) electrons. The first kappa shape index (κ1) is 36.2. The number of aromatic nitrogens is 1. The minimum atomic E-state index is -1.33. The number of benzene rings is 3. The number of aliphatic carboxylic acids is 1. The molecule has 0 fully saturated rings. The van der Waals surface area contributed by atoms with Gasteiger partial charge in [0.1, 0.15) is 23.9 Å². The Hall–Kier alpha value is -5.69. The van der Waals surface area contributed by atoms with Crippen LogP contribution in [-0.2, 0) is 43.2 Å². The van der Waals surface area contributed by atoms with E-state index < -0.39 is 47.9 Å². The van der Waals surface area contributed by atoms with Crippen LogP contribution >= 0.6 is 0 Å². The Morgan fingerprint density at radius 1 is 0.735 bits per heavy atom. The minimum absolute atomic E-state index is 0.0156. The lowest BCUT2D eigenvalue weighted by Crippen LogP contribution is -2.58. The molecule has 9 N–H and O–H groups in total. The van der Waals surface area contributed by atoms with E-state index in [2.05, 4.69) is 26.3 Å². The average Bonchev–Trinajstić information content (AvgIpc) is 3.50. The number of hydrogen-bond donors (Lipinski definition) is 8. The van der Waals surface area contributed by atoms with Gasteiger partial charge in [0.25, 0.3) is 0 Å². The number of phenols is 1. The third-order valence-corrected chi connectivity index (χ3v) is 8.14. The summed E-state index contributed by atoms with van der Waals surface area (Å²) in [5.41, 5.74) is 9.28. The summed E-state index contributed by atoms with van der Waals surface area (Å²) in [5.74, 6) is -3.19. The van der Waals surface area contributed by atoms with Gasteiger partial charge in [0.2, 0.25) is 24.1 Å². The standard InChI is InChI=1S/C36H42N6O7/c37-28(18-23-8-2-1-3-9-23)33(45)41-31(20-25-21-39-29-11-5-4-10-27(25)29)35(47)40-30(12-6-7-17-38-22-43)34(46)42-32(36(48)49)19-24-13-15-26(44)16-14-24/h1-5,8-11,13-16,21-22,28,30-32,39,44H,6-7,12,17-20,37H2,(H,38,43)(H,40,47)(H,41,45)(H,42,46)(H,48,49)/t28-,30-,31-,32-/m0/s1. The SMILES string of the molecule is N[C@@H](Cc1ccccc1)C(=O)N[C@@H](Cc1c[nH]c2ccccc12)C(=O)N[C@@H](CCCCNC=O)C(=O)N[C@@H](Cc1ccc(O)cc1)C(=O)O. The Morgan fingerprint density at radius 2 is 1.37 bits per heavy atom. The summed E-state index contributed by atoms with van der Waals surface area (Å²) in [6.45, 7) is 0.350. The van der Waals surface area contributed by atoms with Crippen molar-refractivity contribution >= 4 is 41.0 Å². The van der Waals surface area contributed by atoms with Crippen molar-refractivity contribution in [2.45, 2.75) is 62.7 Å². The van der Waals surface area contributed by atoms with Crippen LogP contribution in [0.1, 0.15) is 36.0 Å². The number of H-pyrrole nitrogens is 1. The molecule has 4 aromatic rings. The van der Waals surface area contributed by atoms with Crippen LogP contribution in [0.4, 0.5) is 0 Å². The quantitative estimate of drug-likeness (QED) is 0.0541. The smallest absolute Gasteiger partial charge is 0.326 e. The summed E-state index contributed by atoms with van der Waals surface area (Å²) >= 11 is 0. The maximum absolute atomic E-state index is 14.0. The van der Waals surface area contributed by atoms with Crippen LogP contribution in [0.25, 0.3) is 10.9 Å². The summed E-state index contributed by atoms with van der Waals surface area (Å²) in [4.78, 5) is 66.9. The number of para-hydroxylation sites is 1. The van der Waals surface area contributed by atoms with Gasteiger partial charge in [-0.1, -0.05) is 60.7 Å². The summed E-state index contributed by atoms with van der Waals surface area (Å²) in [6.07, 6.45) is 3.61. The predicted octanol–water partition coefficient (Wildman–Crippen LogP) is 1.68. The number of aromatic amines is 1. The number of carboxylic acids is 1. The number of nitrogens with two attached hydrogens (primary N) is 1. The van der Waals surface area contributed by atoms with Gasteiger partial charge in [0.15, 0.2) is 0 Å². The van der Waals surface area contributed by atoms with Crippen LogP contribution < -0.4 is 27.0 Å². The van der Waals surface area contributed by atoms with Gasteiger partial charge in [-0.25, -0.2) is 4.79 Å². The van der Waals surface area contributed by atoms with Crippen LogP contribution in [0.15, 0.2) is 85.1 Å². The molecule has 0 unspecified atom stereocenters. The van der Waals surface area contributed by atoms with Crippen molar-refractivity contribution < 1.29 is 34.2 Å². The number of amides is 4. The van der Waals surface area contributed by atoms with Crippen LogP contribution in [0.3, 0.4) is 0 Å². The summed E-state index contributed by atoms with van der Waals surface area (Å²) in [5, 5.41) is 30.9. The van der Waals surface area contributed by atoms with Gasteiger partial charge in [0, 0.05) is 36.5 Å². The third-order valence-electron chi connectivity index (χ3n) is 8.14. The topological polar surface area (TPSA) is 216 Å². The second kappa shape index (κ2) is 18.0. The van der Waals surface area contributed by atoms with Crippen molar-refractivity contribution in [3.8, 4) is 5.75 Å². The fourth-order valence-corrected chi connectivity index (χ4v) is 5.48. The largest absolute Gasteiger partial charge is 0.508 e. The van der Waals surface area contributed by atoms with Gasteiger partial charge in [-0.05, 0) is 60.6 Å². The van der Waals surface area contributed by atoms with Crippen molar-refractivity contribution in [2.75, 3.05) is 6.54 Å². The molecule has 4 atom stereocenters. The highest BCUT2D eigenvalue weighted by Crippen LogP contribution is 2.20. The van der Waals surface area contributed by atoms with Crippen molar-refractivity contribution in [1.82, 2.24) is 26.3 Å². The molecule has 0 aliphatic rings. The number of rotatable bonds is 19. The van der Waals surface area contributed by atoms with E-state index in [0.29, 0.717) is 31.4 Å². The fraction of sp³-hybridized carbons (Fsp3) is 0.306. The zero-order valence-corrected chi connectivity index (χ0v) is 26.9. The van der Waals surface area contributed by atoms with E-state index in [1.807, 2.05) is 54.6 Å². The van der Waals surface area contributed by atoms with Gasteiger partial charge >= 0.3 is 5.97 Å². The van der Waals surface area contributed by atoms with Crippen LogP contribution in [0, 0.1) is 0 Å². The number of carbonyl (C=O) groups is 5. The summed E-state index contributed by atoms with van der Waals surface area (Å²) in [7, 11) is 0. The van der Waals surface area contributed by atoms with Crippen molar-refractivity contribution in [2.24, 2.45) is 5.73 Å². The lowest BCUT2D eigenvalue weighted by atomic mass is 10.0. The Labute approximate surface area is 283 Å². The number of hydrogen-bond acceptors (Lipinski definition) is 7. The maximum Gasteiger partial charge on any atom is 0.326 e. The molecule has 0 bridgehead atoms. The maximum atomic E-state index is 14.0. The normalized spacial score (nSPS) is 13.4. The van der Waals surface area contributed by atoms with E-state index in [9.17, 15) is 34.2 Å². The highest BCUT2D eigenvalue weighted by molar-refractivity contribution is 5.95. The Morgan fingerprint density at radius 3 is 2.08 bits per heavy atom. The molecule has 3 aromatic carbocycles.